The molecule has 1 rings (SSSR count). The van der Waals surface area contributed by atoms with Crippen LogP contribution in [-0.2, 0) is 9.59 Å². The van der Waals surface area contributed by atoms with Gasteiger partial charge in [-0.25, -0.2) is 0 Å². The molecule has 0 bridgehead atoms. The number of nitrogens with one attached hydrogen (secondary N) is 1. The van der Waals surface area contributed by atoms with Crippen molar-refractivity contribution in [3.8, 4) is 0 Å². The van der Waals surface area contributed by atoms with Crippen molar-refractivity contribution in [1.82, 2.24) is 10.2 Å². The van der Waals surface area contributed by atoms with Gasteiger partial charge in [-0.2, -0.15) is 0 Å². The fourth-order valence-electron chi connectivity index (χ4n) is 2.40. The maximum atomic E-state index is 12.2. The lowest BCUT2D eigenvalue weighted by molar-refractivity contribution is -0.140. The molecular weight excluding hydrogens is 252 g/mol. The third kappa shape index (κ3) is 4.66. The van der Waals surface area contributed by atoms with E-state index in [0.717, 1.165) is 37.9 Å². The van der Waals surface area contributed by atoms with Crippen LogP contribution in [0, 0.1) is 5.41 Å². The molecule has 0 radical (unpaired) electrons. The van der Waals surface area contributed by atoms with Crippen LogP contribution in [0.5, 0.6) is 0 Å². The minimum Gasteiger partial charge on any atom is -0.349 e. The number of hydrogen-bond donors (Lipinski definition) is 1. The average molecular weight is 280 g/mol. The predicted molar refractivity (Wildman–Crippen MR) is 81.2 cm³/mol. The van der Waals surface area contributed by atoms with E-state index in [1.807, 2.05) is 45.6 Å². The molecule has 0 saturated carbocycles. The standard InChI is InChI=1S/C16H28N2O2/c1-6-7-12(2)14(19)17-13-8-10-18(11-9-13)15(20)16(3,4)5/h7,13H,6,8-11H2,1-5H3,(H,17,19). The molecule has 0 unspecified atom stereocenters. The van der Waals surface area contributed by atoms with Crippen molar-refractivity contribution in [3.63, 3.8) is 0 Å². The van der Waals surface area contributed by atoms with Crippen LogP contribution >= 0.6 is 0 Å². The van der Waals surface area contributed by atoms with Crippen LogP contribution in [0.3, 0.4) is 0 Å². The second kappa shape index (κ2) is 6.91. The SMILES string of the molecule is CCC=C(C)C(=O)NC1CCN(C(=O)C(C)(C)C)CC1. The van der Waals surface area contributed by atoms with Crippen LogP contribution in [0.4, 0.5) is 0 Å². The van der Waals surface area contributed by atoms with Gasteiger partial charge in [0.25, 0.3) is 0 Å². The van der Waals surface area contributed by atoms with E-state index in [2.05, 4.69) is 5.32 Å². The third-order valence-corrected chi connectivity index (χ3v) is 3.63. The lowest BCUT2D eigenvalue weighted by Gasteiger charge is -2.36. The maximum absolute atomic E-state index is 12.2. The first-order chi connectivity index (χ1) is 9.25. The van der Waals surface area contributed by atoms with Crippen LogP contribution in [0.15, 0.2) is 11.6 Å². The zero-order chi connectivity index (χ0) is 15.3. The number of hydrogen-bond acceptors (Lipinski definition) is 2. The molecule has 0 aromatic rings. The highest BCUT2D eigenvalue weighted by Gasteiger charge is 2.30. The van der Waals surface area contributed by atoms with Gasteiger partial charge in [0.05, 0.1) is 0 Å². The number of carbonyl (C=O) groups excluding carboxylic acids is 2. The van der Waals surface area contributed by atoms with E-state index in [1.165, 1.54) is 0 Å². The molecule has 2 amide bonds. The van der Waals surface area contributed by atoms with Crippen LogP contribution < -0.4 is 5.32 Å². The zero-order valence-electron chi connectivity index (χ0n) is 13.5. The highest BCUT2D eigenvalue weighted by molar-refractivity contribution is 5.92. The van der Waals surface area contributed by atoms with E-state index in [-0.39, 0.29) is 23.3 Å². The number of rotatable bonds is 3. The largest absolute Gasteiger partial charge is 0.349 e. The summed E-state index contributed by atoms with van der Waals surface area (Å²) in [5, 5.41) is 3.06. The van der Waals surface area contributed by atoms with Gasteiger partial charge in [0.15, 0.2) is 0 Å². The van der Waals surface area contributed by atoms with Crippen molar-refractivity contribution < 1.29 is 9.59 Å². The van der Waals surface area contributed by atoms with Gasteiger partial charge in [-0.3, -0.25) is 9.59 Å². The summed E-state index contributed by atoms with van der Waals surface area (Å²) in [7, 11) is 0. The van der Waals surface area contributed by atoms with E-state index in [4.69, 9.17) is 0 Å². The van der Waals surface area contributed by atoms with E-state index < -0.39 is 0 Å². The second-order valence-electron chi connectivity index (χ2n) is 6.59. The molecule has 1 aliphatic rings. The van der Waals surface area contributed by atoms with E-state index in [1.54, 1.807) is 0 Å². The summed E-state index contributed by atoms with van der Waals surface area (Å²) in [6.07, 6.45) is 4.49. The number of nitrogens with zero attached hydrogens (tertiary/aromatic N) is 1. The van der Waals surface area contributed by atoms with Crippen molar-refractivity contribution in [2.24, 2.45) is 5.41 Å². The summed E-state index contributed by atoms with van der Waals surface area (Å²) in [6.45, 7) is 11.2. The fraction of sp³-hybridized carbons (Fsp3) is 0.750. The molecule has 4 nitrogen and oxygen atoms in total. The summed E-state index contributed by atoms with van der Waals surface area (Å²) < 4.78 is 0. The number of allylic oxidation sites excluding steroid dienone is 1. The first-order valence-corrected chi connectivity index (χ1v) is 7.52. The maximum Gasteiger partial charge on any atom is 0.246 e. The molecule has 114 valence electrons. The van der Waals surface area contributed by atoms with Crippen LogP contribution in [0.2, 0.25) is 0 Å². The van der Waals surface area contributed by atoms with Gasteiger partial charge in [0.2, 0.25) is 11.8 Å². The number of likely N-dealkylation sites (tertiary alicyclic amines) is 1. The number of amides is 2. The quantitative estimate of drug-likeness (QED) is 0.808. The molecule has 0 aromatic carbocycles. The second-order valence-corrected chi connectivity index (χ2v) is 6.59. The van der Waals surface area contributed by atoms with Gasteiger partial charge < -0.3 is 10.2 Å². The lowest BCUT2D eigenvalue weighted by Crippen LogP contribution is -2.49. The lowest BCUT2D eigenvalue weighted by atomic mass is 9.93. The van der Waals surface area contributed by atoms with Gasteiger partial charge in [-0.15, -0.1) is 0 Å². The Morgan fingerprint density at radius 1 is 1.25 bits per heavy atom. The van der Waals surface area contributed by atoms with Crippen LogP contribution in [0.25, 0.3) is 0 Å². The molecular formula is C16H28N2O2. The minimum absolute atomic E-state index is 0.0208. The summed E-state index contributed by atoms with van der Waals surface area (Å²) in [4.78, 5) is 26.0. The van der Waals surface area contributed by atoms with Crippen molar-refractivity contribution >= 4 is 11.8 Å². The highest BCUT2D eigenvalue weighted by atomic mass is 16.2. The summed E-state index contributed by atoms with van der Waals surface area (Å²) >= 11 is 0. The molecule has 0 aromatic heterocycles. The van der Waals surface area contributed by atoms with E-state index >= 15 is 0 Å². The third-order valence-electron chi connectivity index (χ3n) is 3.63. The normalized spacial score (nSPS) is 18.1. The van der Waals surface area contributed by atoms with Gasteiger partial charge in [0, 0.05) is 30.1 Å². The summed E-state index contributed by atoms with van der Waals surface area (Å²) in [6, 6.07) is 0.187. The Bertz CT molecular complexity index is 386. The van der Waals surface area contributed by atoms with Crippen molar-refractivity contribution in [2.75, 3.05) is 13.1 Å². The molecule has 0 aliphatic carbocycles. The van der Waals surface area contributed by atoms with Gasteiger partial charge >= 0.3 is 0 Å². The van der Waals surface area contributed by atoms with Crippen molar-refractivity contribution in [1.29, 1.82) is 0 Å². The van der Waals surface area contributed by atoms with Gasteiger partial charge in [-0.05, 0) is 26.2 Å². The van der Waals surface area contributed by atoms with Crippen molar-refractivity contribution in [3.05, 3.63) is 11.6 Å². The zero-order valence-corrected chi connectivity index (χ0v) is 13.5. The van der Waals surface area contributed by atoms with Crippen molar-refractivity contribution in [2.45, 2.75) is 59.9 Å². The number of piperidine rings is 1. The molecule has 4 heteroatoms. The molecule has 20 heavy (non-hydrogen) atoms. The Kier molecular flexibility index (Phi) is 5.78. The van der Waals surface area contributed by atoms with E-state index in [9.17, 15) is 9.59 Å². The Hall–Kier alpha value is -1.32. The van der Waals surface area contributed by atoms with Crippen LogP contribution in [0.1, 0.15) is 53.9 Å². The first kappa shape index (κ1) is 16.7. The minimum atomic E-state index is -0.323. The summed E-state index contributed by atoms with van der Waals surface area (Å²) in [5.41, 5.74) is 0.456. The Labute approximate surface area is 122 Å². The predicted octanol–water partition coefficient (Wildman–Crippen LogP) is 2.50. The van der Waals surface area contributed by atoms with Crippen LogP contribution in [-0.4, -0.2) is 35.8 Å². The molecule has 1 N–H and O–H groups in total. The Morgan fingerprint density at radius 2 is 1.80 bits per heavy atom. The monoisotopic (exact) mass is 280 g/mol. The Balaban J connectivity index is 2.45. The smallest absolute Gasteiger partial charge is 0.246 e. The first-order valence-electron chi connectivity index (χ1n) is 7.52. The fourth-order valence-corrected chi connectivity index (χ4v) is 2.40. The molecule has 1 saturated heterocycles. The molecule has 0 spiro atoms. The van der Waals surface area contributed by atoms with Gasteiger partial charge in [0.1, 0.15) is 0 Å². The molecule has 1 fully saturated rings. The summed E-state index contributed by atoms with van der Waals surface area (Å²) in [5.74, 6) is 0.219. The average Bonchev–Trinajstić information content (AvgIpc) is 2.38. The topological polar surface area (TPSA) is 49.4 Å². The highest BCUT2D eigenvalue weighted by Crippen LogP contribution is 2.21. The Morgan fingerprint density at radius 3 is 2.25 bits per heavy atom. The van der Waals surface area contributed by atoms with E-state index in [0.29, 0.717) is 0 Å². The van der Waals surface area contributed by atoms with Gasteiger partial charge in [-0.1, -0.05) is 33.8 Å². The molecule has 1 aliphatic heterocycles. The number of carbonyl (C=O) groups is 2. The molecule has 0 atom stereocenters. The molecule has 1 heterocycles.